The van der Waals surface area contributed by atoms with Gasteiger partial charge in [0.1, 0.15) is 0 Å². The van der Waals surface area contributed by atoms with Gasteiger partial charge in [-0.2, -0.15) is 0 Å². The monoisotopic (exact) mass is 214 g/mol. The molecule has 14 heavy (non-hydrogen) atoms. The van der Waals surface area contributed by atoms with E-state index >= 15 is 0 Å². The molecule has 0 atom stereocenters. The Labute approximate surface area is 93.7 Å². The van der Waals surface area contributed by atoms with Crippen molar-refractivity contribution in [2.24, 2.45) is 0 Å². The van der Waals surface area contributed by atoms with E-state index in [0.29, 0.717) is 9.52 Å². The first-order chi connectivity index (χ1) is 6.91. The maximum absolute atomic E-state index is 2.42. The molecule has 0 saturated heterocycles. The minimum Gasteiger partial charge on any atom is -0.0748 e. The Morgan fingerprint density at radius 3 is 1.50 bits per heavy atom. The molecule has 0 aliphatic heterocycles. The minimum absolute atomic E-state index is 0.360. The summed E-state index contributed by atoms with van der Waals surface area (Å²) in [6, 6.07) is 1.58. The molecule has 0 aromatic rings. The second-order valence-electron chi connectivity index (χ2n) is 4.54. The summed E-state index contributed by atoms with van der Waals surface area (Å²) in [6.45, 7) is 4.71. The van der Waals surface area contributed by atoms with Gasteiger partial charge in [0, 0.05) is 9.52 Å². The van der Waals surface area contributed by atoms with Gasteiger partial charge in [0.2, 0.25) is 0 Å². The maximum atomic E-state index is 2.42. The van der Waals surface area contributed by atoms with Crippen molar-refractivity contribution in [1.82, 2.24) is 0 Å². The third-order valence-electron chi connectivity index (χ3n) is 2.96. The smallest absolute Gasteiger partial charge is 0.0166 e. The molecule has 0 unspecified atom stereocenters. The molecule has 0 N–H and O–H groups in total. The quantitative estimate of drug-likeness (QED) is 0.350. The van der Waals surface area contributed by atoms with E-state index in [2.05, 4.69) is 13.5 Å². The van der Waals surface area contributed by atoms with E-state index in [1.54, 1.807) is 6.04 Å². The van der Waals surface area contributed by atoms with Crippen molar-refractivity contribution in [3.05, 3.63) is 0 Å². The van der Waals surface area contributed by atoms with E-state index in [-0.39, 0.29) is 0 Å². The van der Waals surface area contributed by atoms with Gasteiger partial charge < -0.3 is 0 Å². The third kappa shape index (κ3) is 12.2. The summed E-state index contributed by atoms with van der Waals surface area (Å²) in [7, 11) is 0.360. The van der Waals surface area contributed by atoms with Crippen LogP contribution in [0.4, 0.5) is 0 Å². The van der Waals surface area contributed by atoms with E-state index in [1.165, 1.54) is 64.2 Å². The molecule has 0 heterocycles. The SMILES string of the molecule is CCCCCCCCCCCC[SiH2]C. The van der Waals surface area contributed by atoms with Crippen molar-refractivity contribution < 1.29 is 0 Å². The highest BCUT2D eigenvalue weighted by atomic mass is 28.2. The summed E-state index contributed by atoms with van der Waals surface area (Å²) in [6.07, 6.45) is 14.8. The van der Waals surface area contributed by atoms with Gasteiger partial charge in [-0.3, -0.25) is 0 Å². The van der Waals surface area contributed by atoms with Crippen molar-refractivity contribution in [2.45, 2.75) is 83.7 Å². The summed E-state index contributed by atoms with van der Waals surface area (Å²) < 4.78 is 0. The predicted octanol–water partition coefficient (Wildman–Crippen LogP) is 4.54. The van der Waals surface area contributed by atoms with E-state index in [4.69, 9.17) is 0 Å². The normalized spacial score (nSPS) is 11.6. The molecule has 0 saturated carbocycles. The zero-order valence-corrected chi connectivity index (χ0v) is 11.9. The van der Waals surface area contributed by atoms with Crippen LogP contribution in [0.15, 0.2) is 0 Å². The Kier molecular flexibility index (Phi) is 13.4. The zero-order valence-electron chi connectivity index (χ0n) is 10.5. The fourth-order valence-corrected chi connectivity index (χ4v) is 2.77. The molecule has 86 valence electrons. The zero-order chi connectivity index (χ0) is 10.5. The van der Waals surface area contributed by atoms with Crippen LogP contribution in [0.2, 0.25) is 12.6 Å². The van der Waals surface area contributed by atoms with Crippen molar-refractivity contribution in [3.8, 4) is 0 Å². The number of hydrogen-bond donors (Lipinski definition) is 0. The van der Waals surface area contributed by atoms with E-state index in [9.17, 15) is 0 Å². The van der Waals surface area contributed by atoms with Gasteiger partial charge in [-0.25, -0.2) is 0 Å². The maximum Gasteiger partial charge on any atom is 0.0166 e. The number of rotatable bonds is 11. The van der Waals surface area contributed by atoms with Crippen LogP contribution in [-0.2, 0) is 0 Å². The van der Waals surface area contributed by atoms with Crippen LogP contribution >= 0.6 is 0 Å². The van der Waals surface area contributed by atoms with E-state index < -0.39 is 0 Å². The molecular weight excluding hydrogens is 184 g/mol. The van der Waals surface area contributed by atoms with E-state index in [0.717, 1.165) is 0 Å². The average Bonchev–Trinajstić information content (AvgIpc) is 2.21. The molecule has 0 nitrogen and oxygen atoms in total. The van der Waals surface area contributed by atoms with Crippen LogP contribution in [0, 0.1) is 0 Å². The molecule has 0 bridgehead atoms. The lowest BCUT2D eigenvalue weighted by Gasteiger charge is -2.01. The van der Waals surface area contributed by atoms with Crippen LogP contribution in [0.1, 0.15) is 71.1 Å². The Morgan fingerprint density at radius 1 is 0.643 bits per heavy atom. The van der Waals surface area contributed by atoms with Crippen molar-refractivity contribution >= 4 is 9.52 Å². The van der Waals surface area contributed by atoms with Gasteiger partial charge in [-0.05, 0) is 0 Å². The van der Waals surface area contributed by atoms with Gasteiger partial charge in [0.05, 0.1) is 0 Å². The second-order valence-corrected chi connectivity index (χ2v) is 6.24. The predicted molar refractivity (Wildman–Crippen MR) is 71.1 cm³/mol. The summed E-state index contributed by atoms with van der Waals surface area (Å²) in [5.74, 6) is 0. The molecule has 0 fully saturated rings. The first-order valence-electron chi connectivity index (χ1n) is 6.91. The van der Waals surface area contributed by atoms with Gasteiger partial charge in [0.25, 0.3) is 0 Å². The van der Waals surface area contributed by atoms with Crippen LogP contribution in [0.5, 0.6) is 0 Å². The largest absolute Gasteiger partial charge is 0.0748 e. The Balaban J connectivity index is 2.78. The minimum atomic E-state index is 0.360. The first kappa shape index (κ1) is 14.2. The van der Waals surface area contributed by atoms with Gasteiger partial charge in [-0.15, -0.1) is 0 Å². The summed E-state index contributed by atoms with van der Waals surface area (Å²) in [5.41, 5.74) is 0. The molecule has 0 aliphatic rings. The summed E-state index contributed by atoms with van der Waals surface area (Å²) >= 11 is 0. The number of unbranched alkanes of at least 4 members (excludes halogenated alkanes) is 9. The average molecular weight is 214 g/mol. The Bertz CT molecular complexity index is 79.2. The fourth-order valence-electron chi connectivity index (χ4n) is 1.91. The standard InChI is InChI=1S/C13H30Si/c1-3-4-5-6-7-8-9-10-11-12-13-14-2/h3-14H2,1-2H3. The third-order valence-corrected chi connectivity index (χ3v) is 4.16. The lowest BCUT2D eigenvalue weighted by molar-refractivity contribution is 0.562. The van der Waals surface area contributed by atoms with Gasteiger partial charge in [0.15, 0.2) is 0 Å². The fraction of sp³-hybridized carbons (Fsp3) is 1.00. The molecule has 0 aromatic heterocycles. The lowest BCUT2D eigenvalue weighted by Crippen LogP contribution is -1.83. The van der Waals surface area contributed by atoms with Crippen molar-refractivity contribution in [3.63, 3.8) is 0 Å². The Hall–Kier alpha value is 0.217. The highest BCUT2D eigenvalue weighted by Crippen LogP contribution is 2.10. The number of hydrogen-bond acceptors (Lipinski definition) is 0. The Morgan fingerprint density at radius 2 is 1.07 bits per heavy atom. The lowest BCUT2D eigenvalue weighted by atomic mass is 10.1. The summed E-state index contributed by atoms with van der Waals surface area (Å²) in [5, 5.41) is 0. The molecule has 0 aliphatic carbocycles. The van der Waals surface area contributed by atoms with Crippen molar-refractivity contribution in [2.75, 3.05) is 0 Å². The second kappa shape index (κ2) is 13.2. The van der Waals surface area contributed by atoms with E-state index in [1.807, 2.05) is 0 Å². The van der Waals surface area contributed by atoms with Crippen LogP contribution in [0.25, 0.3) is 0 Å². The molecule has 0 aromatic carbocycles. The van der Waals surface area contributed by atoms with Crippen LogP contribution in [-0.4, -0.2) is 9.52 Å². The first-order valence-corrected chi connectivity index (χ1v) is 9.33. The molecule has 0 amide bonds. The van der Waals surface area contributed by atoms with Crippen LogP contribution in [0.3, 0.4) is 0 Å². The highest BCUT2D eigenvalue weighted by molar-refractivity contribution is 6.33. The van der Waals surface area contributed by atoms with Gasteiger partial charge >= 0.3 is 0 Å². The molecule has 0 rings (SSSR count). The molecular formula is C13H30Si. The molecule has 0 radical (unpaired) electrons. The van der Waals surface area contributed by atoms with Crippen LogP contribution < -0.4 is 0 Å². The summed E-state index contributed by atoms with van der Waals surface area (Å²) in [4.78, 5) is 0. The van der Waals surface area contributed by atoms with Gasteiger partial charge in [-0.1, -0.05) is 83.7 Å². The highest BCUT2D eigenvalue weighted by Gasteiger charge is 1.91. The topological polar surface area (TPSA) is 0 Å². The molecule has 0 spiro atoms. The molecule has 1 heteroatoms. The van der Waals surface area contributed by atoms with Crippen molar-refractivity contribution in [1.29, 1.82) is 0 Å².